The highest BCUT2D eigenvalue weighted by atomic mass is 19.4. The molecular weight excluding hydrogens is 344 g/mol. The molecule has 3 heterocycles. The zero-order valence-corrected chi connectivity index (χ0v) is 12.9. The molecule has 0 aromatic carbocycles. The van der Waals surface area contributed by atoms with E-state index in [1.54, 1.807) is 17.0 Å². The van der Waals surface area contributed by atoms with Gasteiger partial charge in [-0.15, -0.1) is 0 Å². The summed E-state index contributed by atoms with van der Waals surface area (Å²) in [6.45, 7) is 0.765. The van der Waals surface area contributed by atoms with Crippen LogP contribution in [0.1, 0.15) is 28.0 Å². The Hall–Kier alpha value is -2.65. The van der Waals surface area contributed by atoms with Crippen molar-refractivity contribution in [2.24, 2.45) is 0 Å². The summed E-state index contributed by atoms with van der Waals surface area (Å²) in [5.74, 6) is -1.10. The van der Waals surface area contributed by atoms with Gasteiger partial charge < -0.3 is 10.0 Å². The number of hydrogen-bond donors (Lipinski definition) is 1. The maximum atomic E-state index is 13.2. The van der Waals surface area contributed by atoms with Crippen molar-refractivity contribution in [2.75, 3.05) is 18.0 Å². The van der Waals surface area contributed by atoms with Gasteiger partial charge in [0.2, 0.25) is 0 Å². The fraction of sp³-hybridized carbons (Fsp3) is 0.400. The van der Waals surface area contributed by atoms with E-state index in [-0.39, 0.29) is 13.1 Å². The van der Waals surface area contributed by atoms with Crippen LogP contribution >= 0.6 is 0 Å². The first-order valence-electron chi connectivity index (χ1n) is 7.46. The molecule has 1 atom stereocenters. The Morgan fingerprint density at radius 1 is 1.36 bits per heavy atom. The van der Waals surface area contributed by atoms with Crippen molar-refractivity contribution in [1.29, 1.82) is 0 Å². The largest absolute Gasteiger partial charge is 0.478 e. The lowest BCUT2D eigenvalue weighted by Crippen LogP contribution is -2.21. The highest BCUT2D eigenvalue weighted by molar-refractivity contribution is 5.88. The quantitative estimate of drug-likeness (QED) is 0.851. The maximum absolute atomic E-state index is 13.2. The number of aromatic carboxylic acids is 1. The summed E-state index contributed by atoms with van der Waals surface area (Å²) in [6.07, 6.45) is -3.00. The third kappa shape index (κ3) is 3.72. The van der Waals surface area contributed by atoms with Gasteiger partial charge in [-0.3, -0.25) is 4.68 Å². The highest BCUT2D eigenvalue weighted by Crippen LogP contribution is 2.31. The van der Waals surface area contributed by atoms with E-state index in [0.717, 1.165) is 10.9 Å². The standard InChI is InChI=1S/C15H14F4N4O2/c16-10-3-4-22(7-10)12-2-1-9(5-20-12)6-23-8-11(14(24)25)13(21-23)15(17,18)19/h1-2,5,8,10H,3-4,6-7H2,(H,24,25). The minimum atomic E-state index is -4.85. The second-order valence-electron chi connectivity index (χ2n) is 5.75. The number of nitrogens with zero attached hydrogens (tertiary/aromatic N) is 4. The molecule has 0 radical (unpaired) electrons. The van der Waals surface area contributed by atoms with Gasteiger partial charge in [-0.1, -0.05) is 6.07 Å². The topological polar surface area (TPSA) is 71.2 Å². The molecule has 2 aromatic heterocycles. The Morgan fingerprint density at radius 2 is 2.12 bits per heavy atom. The first-order valence-corrected chi connectivity index (χ1v) is 7.46. The number of carboxylic acid groups (broad SMARTS) is 1. The van der Waals surface area contributed by atoms with Crippen LogP contribution in [-0.4, -0.2) is 45.1 Å². The van der Waals surface area contributed by atoms with Gasteiger partial charge in [0.1, 0.15) is 17.6 Å². The number of carboxylic acids is 1. The van der Waals surface area contributed by atoms with Gasteiger partial charge in [0.15, 0.2) is 5.69 Å². The zero-order valence-electron chi connectivity index (χ0n) is 12.9. The first kappa shape index (κ1) is 17.2. The molecule has 134 valence electrons. The number of hydrogen-bond acceptors (Lipinski definition) is 4. The average molecular weight is 358 g/mol. The van der Waals surface area contributed by atoms with Gasteiger partial charge in [0, 0.05) is 18.9 Å². The highest BCUT2D eigenvalue weighted by Gasteiger charge is 2.39. The van der Waals surface area contributed by atoms with Crippen LogP contribution in [0.4, 0.5) is 23.4 Å². The van der Waals surface area contributed by atoms with E-state index in [0.29, 0.717) is 24.3 Å². The van der Waals surface area contributed by atoms with Crippen LogP contribution in [0, 0.1) is 0 Å². The van der Waals surface area contributed by atoms with E-state index in [1.165, 1.54) is 6.20 Å². The van der Waals surface area contributed by atoms with Crippen LogP contribution in [0.3, 0.4) is 0 Å². The number of aromatic nitrogens is 3. The van der Waals surface area contributed by atoms with Gasteiger partial charge in [0.25, 0.3) is 0 Å². The molecule has 1 aliphatic heterocycles. The molecule has 6 nitrogen and oxygen atoms in total. The second-order valence-corrected chi connectivity index (χ2v) is 5.75. The molecule has 1 N–H and O–H groups in total. The smallest absolute Gasteiger partial charge is 0.436 e. The van der Waals surface area contributed by atoms with Crippen LogP contribution in [0.25, 0.3) is 0 Å². The van der Waals surface area contributed by atoms with Gasteiger partial charge >= 0.3 is 12.1 Å². The normalized spacial score (nSPS) is 17.9. The van der Waals surface area contributed by atoms with Crippen LogP contribution in [0.2, 0.25) is 0 Å². The van der Waals surface area contributed by atoms with E-state index in [1.807, 2.05) is 0 Å². The molecule has 1 unspecified atom stereocenters. The summed E-state index contributed by atoms with van der Waals surface area (Å²) in [7, 11) is 0. The molecule has 0 bridgehead atoms. The number of rotatable bonds is 4. The van der Waals surface area contributed by atoms with E-state index in [2.05, 4.69) is 10.1 Å². The van der Waals surface area contributed by atoms with Gasteiger partial charge in [-0.05, 0) is 18.1 Å². The Labute approximate surface area is 139 Å². The lowest BCUT2D eigenvalue weighted by molar-refractivity contribution is -0.142. The van der Waals surface area contributed by atoms with Crippen molar-refractivity contribution in [2.45, 2.75) is 25.3 Å². The van der Waals surface area contributed by atoms with Crippen molar-refractivity contribution in [1.82, 2.24) is 14.8 Å². The number of alkyl halides is 4. The first-order chi connectivity index (χ1) is 11.7. The Bertz CT molecular complexity index is 773. The third-order valence-electron chi connectivity index (χ3n) is 3.87. The van der Waals surface area contributed by atoms with Crippen molar-refractivity contribution in [3.05, 3.63) is 41.3 Å². The Balaban J connectivity index is 1.77. The lowest BCUT2D eigenvalue weighted by Gasteiger charge is -2.16. The molecule has 1 aliphatic rings. The van der Waals surface area contributed by atoms with Crippen molar-refractivity contribution in [3.8, 4) is 0 Å². The summed E-state index contributed by atoms with van der Waals surface area (Å²) in [6, 6.07) is 3.29. The third-order valence-corrected chi connectivity index (χ3v) is 3.87. The molecular formula is C15H14F4N4O2. The Morgan fingerprint density at radius 3 is 2.60 bits per heavy atom. The summed E-state index contributed by atoms with van der Waals surface area (Å²) < 4.78 is 52.6. The number of carbonyl (C=O) groups is 1. The van der Waals surface area contributed by atoms with Crippen LogP contribution in [0.5, 0.6) is 0 Å². The molecule has 2 aromatic rings. The van der Waals surface area contributed by atoms with E-state index in [4.69, 9.17) is 5.11 Å². The summed E-state index contributed by atoms with van der Waals surface area (Å²) in [5.41, 5.74) is -1.79. The van der Waals surface area contributed by atoms with Crippen LogP contribution < -0.4 is 4.90 Å². The molecule has 1 fully saturated rings. The van der Waals surface area contributed by atoms with Crippen molar-refractivity contribution in [3.63, 3.8) is 0 Å². The van der Waals surface area contributed by atoms with E-state index >= 15 is 0 Å². The maximum Gasteiger partial charge on any atom is 0.436 e. The molecule has 10 heteroatoms. The van der Waals surface area contributed by atoms with Gasteiger partial charge in [0.05, 0.1) is 13.1 Å². The zero-order chi connectivity index (χ0) is 18.2. The molecule has 25 heavy (non-hydrogen) atoms. The fourth-order valence-electron chi connectivity index (χ4n) is 2.68. The molecule has 3 rings (SSSR count). The second kappa shape index (κ2) is 6.34. The average Bonchev–Trinajstić information content (AvgIpc) is 3.14. The van der Waals surface area contributed by atoms with E-state index in [9.17, 15) is 22.4 Å². The summed E-state index contributed by atoms with van der Waals surface area (Å²) in [5, 5.41) is 12.2. The van der Waals surface area contributed by atoms with Crippen LogP contribution in [-0.2, 0) is 12.7 Å². The van der Waals surface area contributed by atoms with E-state index < -0.39 is 29.6 Å². The Kier molecular flexibility index (Phi) is 4.36. The van der Waals surface area contributed by atoms with Gasteiger partial charge in [-0.25, -0.2) is 14.2 Å². The number of pyridine rings is 1. The predicted octanol–water partition coefficient (Wildman–Crippen LogP) is 2.59. The monoisotopic (exact) mass is 358 g/mol. The summed E-state index contributed by atoms with van der Waals surface area (Å²) in [4.78, 5) is 16.9. The lowest BCUT2D eigenvalue weighted by atomic mass is 10.2. The molecule has 0 spiro atoms. The minimum absolute atomic E-state index is 0.0601. The molecule has 0 amide bonds. The molecule has 1 saturated heterocycles. The number of anilines is 1. The van der Waals surface area contributed by atoms with Gasteiger partial charge in [-0.2, -0.15) is 18.3 Å². The fourth-order valence-corrected chi connectivity index (χ4v) is 2.68. The minimum Gasteiger partial charge on any atom is -0.478 e. The SMILES string of the molecule is O=C(O)c1cn(Cc2ccc(N3CCC(F)C3)nc2)nc1C(F)(F)F. The predicted molar refractivity (Wildman–Crippen MR) is 79.3 cm³/mol. The number of halogens is 4. The van der Waals surface area contributed by atoms with Crippen molar-refractivity contribution < 1.29 is 27.5 Å². The summed E-state index contributed by atoms with van der Waals surface area (Å²) >= 11 is 0. The molecule has 0 aliphatic carbocycles. The van der Waals surface area contributed by atoms with Crippen molar-refractivity contribution >= 4 is 11.8 Å². The molecule has 0 saturated carbocycles. The van der Waals surface area contributed by atoms with Crippen LogP contribution in [0.15, 0.2) is 24.5 Å².